The summed E-state index contributed by atoms with van der Waals surface area (Å²) in [6.07, 6.45) is 9.60. The third-order valence-corrected chi connectivity index (χ3v) is 93.1. The summed E-state index contributed by atoms with van der Waals surface area (Å²) in [6.45, 7) is 4.88. The van der Waals surface area contributed by atoms with Crippen molar-refractivity contribution >= 4 is 7.92 Å². The molecule has 20 heavy (non-hydrogen) atoms. The molecule has 112 valence electrons. The fourth-order valence-corrected chi connectivity index (χ4v) is 174. The van der Waals surface area contributed by atoms with Gasteiger partial charge in [-0.15, -0.1) is 0 Å². The Balaban J connectivity index is 1.28. The molecule has 0 saturated carbocycles. The van der Waals surface area contributed by atoms with Crippen LogP contribution in [0.5, 0.6) is 0 Å². The molecule has 0 bridgehead atoms. The Morgan fingerprint density at radius 1 is 0.750 bits per heavy atom. The first kappa shape index (κ1) is 9.37. The van der Waals surface area contributed by atoms with Crippen molar-refractivity contribution in [2.75, 3.05) is 12.3 Å². The molecule has 0 nitrogen and oxygen atoms in total. The Hall–Kier alpha value is 1.05. The number of hydrogen-bond donors (Lipinski definition) is 0. The first-order chi connectivity index (χ1) is 9.56. The SMILES string of the molecule is CCCCP(CCCC)[C]12[CH]3[CH]4[CH]5[CH]1[Ru]45321678[CH]2[CH]1[CH]6[CH]7[CH]28. The molecule has 1 spiro atoms. The van der Waals surface area contributed by atoms with E-state index >= 15 is 0 Å². The van der Waals surface area contributed by atoms with Gasteiger partial charge in [-0.2, -0.15) is 0 Å². The van der Waals surface area contributed by atoms with Gasteiger partial charge in [0, 0.05) is 0 Å². The molecule has 4 atom stereocenters. The predicted molar refractivity (Wildman–Crippen MR) is 83.0 cm³/mol. The van der Waals surface area contributed by atoms with E-state index in [1.54, 1.807) is 65.8 Å². The Morgan fingerprint density at radius 2 is 1.20 bits per heavy atom. The molecule has 10 rings (SSSR count). The van der Waals surface area contributed by atoms with E-state index in [9.17, 15) is 0 Å². The fourth-order valence-electron chi connectivity index (χ4n) is 18.1. The molecule has 10 aliphatic rings. The van der Waals surface area contributed by atoms with Gasteiger partial charge in [0.05, 0.1) is 0 Å². The van der Waals surface area contributed by atoms with E-state index < -0.39 is 7.72 Å². The molecule has 2 heteroatoms. The molecular formula is C18H27PRu. The monoisotopic (exact) mass is 376 g/mol. The van der Waals surface area contributed by atoms with Crippen LogP contribution < -0.4 is 0 Å². The summed E-state index contributed by atoms with van der Waals surface area (Å²) in [5.74, 6) is 0. The van der Waals surface area contributed by atoms with Crippen molar-refractivity contribution in [3.63, 3.8) is 0 Å². The van der Waals surface area contributed by atoms with E-state index in [1.165, 1.54) is 16.6 Å². The zero-order valence-corrected chi connectivity index (χ0v) is 15.4. The van der Waals surface area contributed by atoms with Crippen LogP contribution in [0.1, 0.15) is 39.5 Å². The van der Waals surface area contributed by atoms with Crippen LogP contribution in [-0.2, 0) is 7.72 Å². The summed E-state index contributed by atoms with van der Waals surface area (Å²) in [4.78, 5) is 0. The molecule has 10 fully saturated rings. The normalized spacial score (nSPS) is 103. The van der Waals surface area contributed by atoms with Gasteiger partial charge < -0.3 is 0 Å². The number of hydrogen-bond acceptors (Lipinski definition) is 0. The van der Waals surface area contributed by atoms with Crippen molar-refractivity contribution in [3.05, 3.63) is 0 Å². The number of fused-ring (bicyclic) bond motifs is 10. The minimum absolute atomic E-state index is 0.518. The predicted octanol–water partition coefficient (Wildman–Crippen LogP) is 6.37. The van der Waals surface area contributed by atoms with Gasteiger partial charge in [0.1, 0.15) is 0 Å². The molecule has 0 radical (unpaired) electrons. The van der Waals surface area contributed by atoms with E-state index in [2.05, 4.69) is 13.8 Å². The quantitative estimate of drug-likeness (QED) is 0.358. The van der Waals surface area contributed by atoms with Crippen LogP contribution in [0.25, 0.3) is 0 Å². The van der Waals surface area contributed by atoms with Crippen LogP contribution in [0.4, 0.5) is 0 Å². The molecule has 10 aliphatic heterocycles. The van der Waals surface area contributed by atoms with E-state index in [-0.39, 0.29) is 0 Å². The first-order valence-electron chi connectivity index (χ1n) is 9.53. The van der Waals surface area contributed by atoms with Crippen LogP contribution in [0, 0.1) is 0 Å². The zero-order valence-electron chi connectivity index (χ0n) is 12.7. The van der Waals surface area contributed by atoms with Gasteiger partial charge in [-0.1, -0.05) is 0 Å². The molecule has 10 heterocycles. The van der Waals surface area contributed by atoms with Crippen molar-refractivity contribution in [1.82, 2.24) is 0 Å². The average Bonchev–Trinajstić information content (AvgIpc) is 3.39. The van der Waals surface area contributed by atoms with Crippen LogP contribution in [-0.4, -0.2) is 16.1 Å². The summed E-state index contributed by atoms with van der Waals surface area (Å²) < 4.78 is 15.6. The second kappa shape index (κ2) is 0.939. The summed E-state index contributed by atoms with van der Waals surface area (Å²) in [5, 5.41) is 0. The van der Waals surface area contributed by atoms with Crippen LogP contribution in [0.15, 0.2) is 0 Å². The third kappa shape index (κ3) is 0.119. The van der Waals surface area contributed by atoms with Crippen LogP contribution in [0.3, 0.4) is 0 Å². The molecule has 10 saturated heterocycles. The molecule has 0 aromatic carbocycles. The standard InChI is InChI=1S/C13H22P.C5H5.Ru/c1-3-5-11-14(12-6-4-2)13-9-7-8-10-13;1-2-4-5-3-1;/h7-10H,3-6,11-12H2,1-2H3;1-5H;. The van der Waals surface area contributed by atoms with E-state index in [0.717, 1.165) is 0 Å². The van der Waals surface area contributed by atoms with Crippen LogP contribution >= 0.6 is 7.92 Å². The molecule has 0 N–H and O–H groups in total. The van der Waals surface area contributed by atoms with E-state index in [1.807, 2.05) is 0 Å². The maximum absolute atomic E-state index is 3.01. The number of unbranched alkanes of at least 4 members (excludes halogenated alkanes) is 2. The molecule has 0 amide bonds. The van der Waals surface area contributed by atoms with Crippen molar-refractivity contribution in [2.24, 2.45) is 0 Å². The Kier molecular flexibility index (Phi) is 0.440. The van der Waals surface area contributed by atoms with Gasteiger partial charge in [-0.25, -0.2) is 0 Å². The van der Waals surface area contributed by atoms with Crippen LogP contribution in [0.2, 0.25) is 40.6 Å². The second-order valence-electron chi connectivity index (χ2n) is 12.3. The number of rotatable bonds is 7. The van der Waals surface area contributed by atoms with Gasteiger partial charge in [0.15, 0.2) is 0 Å². The van der Waals surface area contributed by atoms with Gasteiger partial charge >= 0.3 is 112 Å². The van der Waals surface area contributed by atoms with E-state index in [0.29, 0.717) is 7.92 Å². The zero-order chi connectivity index (χ0) is 12.8. The molecular weight excluding hydrogens is 348 g/mol. The maximum atomic E-state index is 2.44. The topological polar surface area (TPSA) is 0 Å². The summed E-state index contributed by atoms with van der Waals surface area (Å²) in [7, 11) is -2.49. The molecule has 0 aromatic heterocycles. The first-order valence-corrected chi connectivity index (χ1v) is 21.1. The summed E-state index contributed by atoms with van der Waals surface area (Å²) in [6, 6.07) is 0. The van der Waals surface area contributed by atoms with Gasteiger partial charge in [0.2, 0.25) is 0 Å². The average molecular weight is 375 g/mol. The fraction of sp³-hybridized carbons (Fsp3) is 1.00. The third-order valence-electron chi connectivity index (χ3n) is 16.6. The van der Waals surface area contributed by atoms with Crippen molar-refractivity contribution < 1.29 is 7.72 Å². The van der Waals surface area contributed by atoms with Gasteiger partial charge in [-0.05, 0) is 0 Å². The van der Waals surface area contributed by atoms with Gasteiger partial charge in [-0.3, -0.25) is 0 Å². The summed E-state index contributed by atoms with van der Waals surface area (Å²) >= 11 is 0. The second-order valence-corrected chi connectivity index (χ2v) is 52.8. The van der Waals surface area contributed by atoms with Gasteiger partial charge in [0.25, 0.3) is 0 Å². The molecule has 0 aromatic rings. The Morgan fingerprint density at radius 3 is 1.45 bits per heavy atom. The molecule has 4 unspecified atom stereocenters. The summed E-state index contributed by atoms with van der Waals surface area (Å²) in [5.41, 5.74) is 0. The Bertz CT molecular complexity index is 889. The minimum atomic E-state index is -3.01. The van der Waals surface area contributed by atoms with Crippen molar-refractivity contribution in [1.29, 1.82) is 0 Å². The molecule has 0 aliphatic carbocycles. The Labute approximate surface area is 111 Å². The van der Waals surface area contributed by atoms with Crippen molar-refractivity contribution in [3.8, 4) is 0 Å². The van der Waals surface area contributed by atoms with Crippen molar-refractivity contribution in [2.45, 2.75) is 83.9 Å². The van der Waals surface area contributed by atoms with E-state index in [4.69, 9.17) is 0 Å².